The molecular weight excluding hydrogens is 1510 g/mol. The van der Waals surface area contributed by atoms with Crippen LogP contribution in [0.2, 0.25) is 0 Å². The topological polar surface area (TPSA) is 51.2 Å². The van der Waals surface area contributed by atoms with Crippen LogP contribution in [-0.4, -0.2) is 0 Å². The largest absolute Gasteiger partial charge is 0.457 e. The number of halogens is 2. The summed E-state index contributed by atoms with van der Waals surface area (Å²) < 4.78 is 60.6. The number of hydrogen-bond donors (Lipinski definition) is 0. The molecule has 4 aliphatic rings. The molecule has 8 heteroatoms. The highest BCUT2D eigenvalue weighted by Crippen LogP contribution is 2.66. The van der Waals surface area contributed by atoms with Gasteiger partial charge in [0.1, 0.15) is 45.8 Å². The van der Waals surface area contributed by atoms with Crippen LogP contribution in [0.4, 0.5) is 42.9 Å². The van der Waals surface area contributed by atoms with Gasteiger partial charge < -0.3 is 28.1 Å². The highest BCUT2D eigenvalue weighted by molar-refractivity contribution is 6.13. The van der Waals surface area contributed by atoms with Crippen molar-refractivity contribution in [3.63, 3.8) is 0 Å². The maximum absolute atomic E-state index is 16.6. The summed E-state index contributed by atoms with van der Waals surface area (Å²) >= 11 is 0. The molecule has 0 saturated heterocycles. The predicted octanol–water partition coefficient (Wildman–Crippen LogP) is 30.6. The lowest BCUT2D eigenvalue weighted by molar-refractivity contribution is 0.482. The van der Waals surface area contributed by atoms with Crippen LogP contribution in [-0.2, 0) is 16.2 Å². The highest BCUT2D eigenvalue weighted by atomic mass is 19.1. The Labute approximate surface area is 709 Å². The molecule has 1 spiro atoms. The van der Waals surface area contributed by atoms with Crippen molar-refractivity contribution in [2.45, 2.75) is 16.2 Å². The third-order valence-corrected chi connectivity index (χ3v) is 26.2. The monoisotopic (exact) mass is 1580 g/mol. The number of nitrogens with zero attached hydrogens (tertiary/aromatic N) is 2. The third kappa shape index (κ3) is 10.6. The number of hydrogen-bond acceptors (Lipinski definition) is 6. The molecule has 123 heavy (non-hydrogen) atoms. The van der Waals surface area contributed by atoms with Crippen molar-refractivity contribution in [3.05, 3.63) is 503 Å². The summed E-state index contributed by atoms with van der Waals surface area (Å²) in [5.41, 5.74) is 27.9. The fraction of sp³-hybridized carbons (Fsp3) is 0.0261. The van der Waals surface area contributed by atoms with E-state index in [0.717, 1.165) is 200 Å². The second kappa shape index (κ2) is 27.6. The van der Waals surface area contributed by atoms with E-state index in [1.165, 1.54) is 12.1 Å². The number of para-hydroxylation sites is 4. The molecule has 4 aliphatic carbocycles. The Morgan fingerprint density at radius 1 is 0.244 bits per heavy atom. The molecule has 6 nitrogen and oxygen atoms in total. The second-order valence-corrected chi connectivity index (χ2v) is 32.3. The van der Waals surface area contributed by atoms with E-state index >= 15 is 8.78 Å². The Bertz CT molecular complexity index is 7330. The molecule has 2 unspecified atom stereocenters. The molecule has 0 fully saturated rings. The summed E-state index contributed by atoms with van der Waals surface area (Å²) in [5, 5.41) is 3.97. The van der Waals surface area contributed by atoms with Gasteiger partial charge in [-0.15, -0.1) is 0 Å². The summed E-state index contributed by atoms with van der Waals surface area (Å²) in [7, 11) is 0. The normalized spacial score (nSPS) is 15.9. The Hall–Kier alpha value is -15.9. The van der Waals surface area contributed by atoms with Crippen LogP contribution in [0.25, 0.3) is 101 Å². The molecule has 2 atom stereocenters. The van der Waals surface area contributed by atoms with Crippen molar-refractivity contribution in [1.82, 2.24) is 0 Å². The van der Waals surface area contributed by atoms with Gasteiger partial charge >= 0.3 is 0 Å². The van der Waals surface area contributed by atoms with E-state index in [1.54, 1.807) is 12.1 Å². The van der Waals surface area contributed by atoms with Gasteiger partial charge in [0.2, 0.25) is 0 Å². The van der Waals surface area contributed by atoms with Crippen LogP contribution < -0.4 is 19.3 Å². The standard InChI is InChI=1S/C115H72F2N2O4/c1-3-71-41-53-83(54-42-71)120-85-57-45-73(46-58-85)113(75-21-17-23-77(116)65-75)99-33-11-5-25-87(99)91-61-49-79(67-103(91)113)118(107-37-19-31-97-95-29-9-15-39-109(95)122-111(97)107)81-51-63-93-89-27-7-13-35-101(89)115(105(93)69-81)102-36-14-8-28-90(102)94-64-52-82(70-106(94)115)119(108-38-20-32-98-96-30-10-16-40-110(96)123-112(98)108)80-50-62-92-88-26-6-12-34-100(88)114(104(92)68-80,76-22-18-24-78(117)66-76)74-47-59-86(60-48-74)121-84-55-43-72(4-2)44-56-84/h3-70H,1-2H2. The van der Waals surface area contributed by atoms with E-state index in [0.29, 0.717) is 23.0 Å². The zero-order valence-electron chi connectivity index (χ0n) is 66.5. The summed E-state index contributed by atoms with van der Waals surface area (Å²) in [4.78, 5) is 4.76. The van der Waals surface area contributed by atoms with Gasteiger partial charge in [0.15, 0.2) is 11.2 Å². The zero-order valence-corrected chi connectivity index (χ0v) is 66.5. The van der Waals surface area contributed by atoms with Crippen LogP contribution in [0.5, 0.6) is 23.0 Å². The number of fused-ring (bicyclic) bond motifs is 22. The average Bonchev–Trinajstić information content (AvgIpc) is 1.50. The van der Waals surface area contributed by atoms with Gasteiger partial charge in [-0.05, 0) is 268 Å². The molecule has 0 saturated carbocycles. The Morgan fingerprint density at radius 3 is 0.886 bits per heavy atom. The molecule has 0 amide bonds. The summed E-state index contributed by atoms with van der Waals surface area (Å²) in [6.07, 6.45) is 3.64. The molecule has 24 rings (SSSR count). The SMILES string of the molecule is C=Cc1ccc(Oc2ccc(C3(c4cccc(F)c4)c4ccccc4-c4ccc(N(c5ccc6c(c5)C5(c7ccccc7-6)c6ccccc6-c6ccc(N(c7ccc8c(c7)C(c7ccc(Oc9ccc(C=C)cc9)cc7)(c7cccc(F)c7)c7ccccc7-8)c7cccc8c7oc7ccccc78)cc65)c5cccc6c5oc5ccccc56)cc43)cc2)cc1. The van der Waals surface area contributed by atoms with Crippen molar-refractivity contribution in [2.24, 2.45) is 0 Å². The van der Waals surface area contributed by atoms with Crippen LogP contribution in [0.3, 0.4) is 0 Å². The van der Waals surface area contributed by atoms with E-state index in [9.17, 15) is 0 Å². The maximum Gasteiger partial charge on any atom is 0.159 e. The van der Waals surface area contributed by atoms with Gasteiger partial charge in [-0.25, -0.2) is 8.78 Å². The van der Waals surface area contributed by atoms with E-state index in [-0.39, 0.29) is 11.6 Å². The van der Waals surface area contributed by atoms with Crippen LogP contribution in [0.1, 0.15) is 77.9 Å². The molecular formula is C115H72F2N2O4. The molecule has 20 aromatic rings. The van der Waals surface area contributed by atoms with Crippen molar-refractivity contribution in [2.75, 3.05) is 9.80 Å². The van der Waals surface area contributed by atoms with Crippen molar-refractivity contribution in [3.8, 4) is 67.5 Å². The Kier molecular flexibility index (Phi) is 16.0. The third-order valence-electron chi connectivity index (χ3n) is 26.2. The highest BCUT2D eigenvalue weighted by Gasteiger charge is 2.54. The number of benzene rings is 18. The minimum atomic E-state index is -1.04. The fourth-order valence-corrected chi connectivity index (χ4v) is 21.1. The van der Waals surface area contributed by atoms with Gasteiger partial charge in [0.25, 0.3) is 0 Å². The van der Waals surface area contributed by atoms with Crippen molar-refractivity contribution in [1.29, 1.82) is 0 Å². The zero-order chi connectivity index (χ0) is 81.8. The quantitative estimate of drug-likeness (QED) is 0.0961. The van der Waals surface area contributed by atoms with Crippen LogP contribution >= 0.6 is 0 Å². The Morgan fingerprint density at radius 2 is 0.537 bits per heavy atom. The van der Waals surface area contributed by atoms with E-state index in [1.807, 2.05) is 121 Å². The molecule has 0 bridgehead atoms. The lowest BCUT2D eigenvalue weighted by atomic mass is 9.67. The number of anilines is 6. The maximum atomic E-state index is 16.6. The van der Waals surface area contributed by atoms with E-state index in [4.69, 9.17) is 18.3 Å². The molecule has 2 heterocycles. The van der Waals surface area contributed by atoms with Crippen molar-refractivity contribution >= 4 is 90.2 Å². The van der Waals surface area contributed by atoms with Crippen LogP contribution in [0.15, 0.2) is 422 Å². The lowest BCUT2D eigenvalue weighted by Crippen LogP contribution is -2.29. The van der Waals surface area contributed by atoms with Crippen molar-refractivity contribution < 1.29 is 27.1 Å². The van der Waals surface area contributed by atoms with Gasteiger partial charge in [0, 0.05) is 44.3 Å². The van der Waals surface area contributed by atoms with Gasteiger partial charge in [-0.2, -0.15) is 0 Å². The molecule has 0 N–H and O–H groups in total. The first-order chi connectivity index (χ1) is 60.6. The first kappa shape index (κ1) is 71.2. The molecule has 580 valence electrons. The van der Waals surface area contributed by atoms with Gasteiger partial charge in [-0.3, -0.25) is 0 Å². The number of rotatable bonds is 16. The van der Waals surface area contributed by atoms with E-state index in [2.05, 4.69) is 290 Å². The predicted molar refractivity (Wildman–Crippen MR) is 494 cm³/mol. The van der Waals surface area contributed by atoms with E-state index < -0.39 is 16.2 Å². The summed E-state index contributed by atoms with van der Waals surface area (Å²) in [6.45, 7) is 7.91. The molecule has 2 aromatic heterocycles. The van der Waals surface area contributed by atoms with Gasteiger partial charge in [0.05, 0.1) is 27.6 Å². The second-order valence-electron chi connectivity index (χ2n) is 32.3. The lowest BCUT2D eigenvalue weighted by Gasteiger charge is -2.35. The average molecular weight is 1580 g/mol. The Balaban J connectivity index is 0.724. The minimum absolute atomic E-state index is 0.336. The first-order valence-corrected chi connectivity index (χ1v) is 41.6. The van der Waals surface area contributed by atoms with Gasteiger partial charge in [-0.1, -0.05) is 280 Å². The minimum Gasteiger partial charge on any atom is -0.457 e. The number of furan rings is 2. The molecule has 18 aromatic carbocycles. The summed E-state index contributed by atoms with van der Waals surface area (Å²) in [6, 6.07) is 139. The molecule has 0 radical (unpaired) electrons. The fourth-order valence-electron chi connectivity index (χ4n) is 21.1. The first-order valence-electron chi connectivity index (χ1n) is 41.6. The van der Waals surface area contributed by atoms with Crippen LogP contribution in [0, 0.1) is 11.6 Å². The summed E-state index contributed by atoms with van der Waals surface area (Å²) in [5.74, 6) is 2.05. The smallest absolute Gasteiger partial charge is 0.159 e. The molecule has 0 aliphatic heterocycles. The number of ether oxygens (including phenoxy) is 2.